The largest absolute Gasteiger partial charge is 0.494 e. The van der Waals surface area contributed by atoms with Gasteiger partial charge < -0.3 is 14.6 Å². The lowest BCUT2D eigenvalue weighted by Gasteiger charge is -2.10. The Labute approximate surface area is 117 Å². The fourth-order valence-corrected chi connectivity index (χ4v) is 1.83. The van der Waals surface area contributed by atoms with E-state index in [2.05, 4.69) is 0 Å². The predicted octanol–water partition coefficient (Wildman–Crippen LogP) is 3.47. The molecule has 3 nitrogen and oxygen atoms in total. The van der Waals surface area contributed by atoms with Crippen molar-refractivity contribution in [3.63, 3.8) is 0 Å². The molecule has 0 bridgehead atoms. The maximum atomic E-state index is 13.5. The zero-order valence-corrected chi connectivity index (χ0v) is 11.5. The summed E-state index contributed by atoms with van der Waals surface area (Å²) in [4.78, 5) is 0. The average Bonchev–Trinajstić information content (AvgIpc) is 2.45. The first kappa shape index (κ1) is 14.3. The van der Waals surface area contributed by atoms with Crippen LogP contribution in [0.15, 0.2) is 42.5 Å². The van der Waals surface area contributed by atoms with Crippen LogP contribution in [-0.2, 0) is 6.61 Å². The Morgan fingerprint density at radius 3 is 2.65 bits per heavy atom. The van der Waals surface area contributed by atoms with Crippen LogP contribution in [0.1, 0.15) is 24.2 Å². The summed E-state index contributed by atoms with van der Waals surface area (Å²) in [6.45, 7) is 1.95. The van der Waals surface area contributed by atoms with E-state index >= 15 is 0 Å². The lowest BCUT2D eigenvalue weighted by Crippen LogP contribution is -1.98. The minimum Gasteiger partial charge on any atom is -0.494 e. The number of aliphatic hydroxyl groups excluding tert-OH is 1. The van der Waals surface area contributed by atoms with Crippen LogP contribution in [0.5, 0.6) is 11.5 Å². The Kier molecular flexibility index (Phi) is 4.58. The third kappa shape index (κ3) is 3.48. The van der Waals surface area contributed by atoms with Gasteiger partial charge in [0.05, 0.1) is 13.2 Å². The topological polar surface area (TPSA) is 38.7 Å². The van der Waals surface area contributed by atoms with Crippen molar-refractivity contribution in [3.05, 3.63) is 59.4 Å². The number of halogens is 1. The first-order valence-corrected chi connectivity index (χ1v) is 6.33. The Morgan fingerprint density at radius 1 is 1.20 bits per heavy atom. The van der Waals surface area contributed by atoms with Gasteiger partial charge in [0.15, 0.2) is 11.6 Å². The van der Waals surface area contributed by atoms with Gasteiger partial charge >= 0.3 is 0 Å². The summed E-state index contributed by atoms with van der Waals surface area (Å²) in [5.74, 6) is 0.441. The maximum Gasteiger partial charge on any atom is 0.165 e. The van der Waals surface area contributed by atoms with E-state index in [-0.39, 0.29) is 12.4 Å². The lowest BCUT2D eigenvalue weighted by molar-refractivity contribution is 0.198. The van der Waals surface area contributed by atoms with E-state index in [0.717, 1.165) is 5.56 Å². The molecule has 0 saturated carbocycles. The highest BCUT2D eigenvalue weighted by Gasteiger charge is 2.05. The Hall–Kier alpha value is -2.07. The molecule has 0 fully saturated rings. The summed E-state index contributed by atoms with van der Waals surface area (Å²) in [6.07, 6.45) is -0.544. The van der Waals surface area contributed by atoms with E-state index in [9.17, 15) is 9.50 Å². The molecule has 0 spiro atoms. The van der Waals surface area contributed by atoms with Gasteiger partial charge in [0.2, 0.25) is 0 Å². The SMILES string of the molecule is COc1ccc(COc2cccc([C@@H](C)O)c2)cc1F. The normalized spacial score (nSPS) is 12.0. The van der Waals surface area contributed by atoms with Gasteiger partial charge in [0, 0.05) is 0 Å². The summed E-state index contributed by atoms with van der Waals surface area (Å²) < 4.78 is 24.0. The monoisotopic (exact) mass is 276 g/mol. The number of rotatable bonds is 5. The molecule has 0 unspecified atom stereocenters. The second kappa shape index (κ2) is 6.39. The number of hydrogen-bond acceptors (Lipinski definition) is 3. The molecule has 0 aliphatic rings. The smallest absolute Gasteiger partial charge is 0.165 e. The molecule has 0 amide bonds. The highest BCUT2D eigenvalue weighted by Crippen LogP contribution is 2.21. The zero-order valence-electron chi connectivity index (χ0n) is 11.5. The minimum atomic E-state index is -0.544. The highest BCUT2D eigenvalue weighted by atomic mass is 19.1. The zero-order chi connectivity index (χ0) is 14.5. The fourth-order valence-electron chi connectivity index (χ4n) is 1.83. The van der Waals surface area contributed by atoms with E-state index in [1.807, 2.05) is 12.1 Å². The van der Waals surface area contributed by atoms with Crippen LogP contribution < -0.4 is 9.47 Å². The van der Waals surface area contributed by atoms with Crippen LogP contribution in [0.2, 0.25) is 0 Å². The summed E-state index contributed by atoms with van der Waals surface area (Å²) >= 11 is 0. The van der Waals surface area contributed by atoms with Crippen molar-refractivity contribution in [3.8, 4) is 11.5 Å². The molecule has 20 heavy (non-hydrogen) atoms. The van der Waals surface area contributed by atoms with E-state index in [1.165, 1.54) is 13.2 Å². The molecule has 106 valence electrons. The van der Waals surface area contributed by atoms with Gasteiger partial charge in [-0.05, 0) is 42.3 Å². The molecule has 1 N–H and O–H groups in total. The predicted molar refractivity (Wildman–Crippen MR) is 74.4 cm³/mol. The number of hydrogen-bond donors (Lipinski definition) is 1. The summed E-state index contributed by atoms with van der Waals surface area (Å²) in [7, 11) is 1.43. The fraction of sp³-hybridized carbons (Fsp3) is 0.250. The van der Waals surface area contributed by atoms with Gasteiger partial charge in [0.25, 0.3) is 0 Å². The molecule has 0 aliphatic heterocycles. The van der Waals surface area contributed by atoms with Gasteiger partial charge in [-0.15, -0.1) is 0 Å². The first-order chi connectivity index (χ1) is 9.60. The van der Waals surface area contributed by atoms with Crippen LogP contribution in [0.3, 0.4) is 0 Å². The van der Waals surface area contributed by atoms with Crippen LogP contribution in [-0.4, -0.2) is 12.2 Å². The quantitative estimate of drug-likeness (QED) is 0.908. The minimum absolute atomic E-state index is 0.213. The number of ether oxygens (including phenoxy) is 2. The highest BCUT2D eigenvalue weighted by molar-refractivity contribution is 5.31. The second-order valence-corrected chi connectivity index (χ2v) is 4.51. The molecular weight excluding hydrogens is 259 g/mol. The van der Waals surface area contributed by atoms with Crippen LogP contribution in [0.25, 0.3) is 0 Å². The van der Waals surface area contributed by atoms with E-state index in [0.29, 0.717) is 11.3 Å². The molecular formula is C16H17FO3. The van der Waals surface area contributed by atoms with Crippen molar-refractivity contribution >= 4 is 0 Å². The van der Waals surface area contributed by atoms with Gasteiger partial charge in [-0.2, -0.15) is 0 Å². The average molecular weight is 276 g/mol. The van der Waals surface area contributed by atoms with Gasteiger partial charge in [0.1, 0.15) is 12.4 Å². The standard InChI is InChI=1S/C16H17FO3/c1-11(18)13-4-3-5-14(9-13)20-10-12-6-7-16(19-2)15(17)8-12/h3-9,11,18H,10H2,1-2H3/t11-/m1/s1. The van der Waals surface area contributed by atoms with E-state index < -0.39 is 11.9 Å². The molecule has 0 aromatic heterocycles. The molecule has 0 saturated heterocycles. The van der Waals surface area contributed by atoms with Crippen molar-refractivity contribution in [1.29, 1.82) is 0 Å². The Balaban J connectivity index is 2.05. The summed E-state index contributed by atoms with van der Waals surface area (Å²) in [5, 5.41) is 9.51. The Bertz CT molecular complexity index is 582. The van der Waals surface area contributed by atoms with Crippen molar-refractivity contribution in [2.45, 2.75) is 19.6 Å². The first-order valence-electron chi connectivity index (χ1n) is 6.33. The molecule has 4 heteroatoms. The van der Waals surface area contributed by atoms with E-state index in [1.54, 1.807) is 31.2 Å². The molecule has 0 aliphatic carbocycles. The summed E-state index contributed by atoms with van der Waals surface area (Å²) in [5.41, 5.74) is 1.49. The molecule has 0 heterocycles. The van der Waals surface area contributed by atoms with Gasteiger partial charge in [-0.3, -0.25) is 0 Å². The molecule has 2 rings (SSSR count). The van der Waals surface area contributed by atoms with Crippen LogP contribution >= 0.6 is 0 Å². The third-order valence-corrected chi connectivity index (χ3v) is 2.96. The van der Waals surface area contributed by atoms with Crippen LogP contribution in [0.4, 0.5) is 4.39 Å². The summed E-state index contributed by atoms with van der Waals surface area (Å²) in [6, 6.07) is 11.9. The van der Waals surface area contributed by atoms with E-state index in [4.69, 9.17) is 9.47 Å². The van der Waals surface area contributed by atoms with Gasteiger partial charge in [-0.25, -0.2) is 4.39 Å². The second-order valence-electron chi connectivity index (χ2n) is 4.51. The lowest BCUT2D eigenvalue weighted by atomic mass is 10.1. The number of methoxy groups -OCH3 is 1. The molecule has 2 aromatic carbocycles. The number of aliphatic hydroxyl groups is 1. The third-order valence-electron chi connectivity index (χ3n) is 2.96. The van der Waals surface area contributed by atoms with Crippen molar-refractivity contribution in [2.75, 3.05) is 7.11 Å². The maximum absolute atomic E-state index is 13.5. The van der Waals surface area contributed by atoms with Crippen molar-refractivity contribution in [2.24, 2.45) is 0 Å². The molecule has 0 radical (unpaired) electrons. The van der Waals surface area contributed by atoms with Crippen LogP contribution in [0, 0.1) is 5.82 Å². The van der Waals surface area contributed by atoms with Gasteiger partial charge in [-0.1, -0.05) is 18.2 Å². The number of benzene rings is 2. The van der Waals surface area contributed by atoms with Crippen molar-refractivity contribution in [1.82, 2.24) is 0 Å². The molecule has 1 atom stereocenters. The molecule has 2 aromatic rings. The van der Waals surface area contributed by atoms with Crippen molar-refractivity contribution < 1.29 is 19.0 Å². The Morgan fingerprint density at radius 2 is 2.00 bits per heavy atom.